The number of hydrogen-bond acceptors (Lipinski definition) is 2. The van der Waals surface area contributed by atoms with Gasteiger partial charge in [0, 0.05) is 0 Å². The van der Waals surface area contributed by atoms with E-state index in [1.807, 2.05) is 30.3 Å². The molecule has 0 radical (unpaired) electrons. The summed E-state index contributed by atoms with van der Waals surface area (Å²) in [4.78, 5) is 0. The highest BCUT2D eigenvalue weighted by atomic mass is 32.7. The van der Waals surface area contributed by atoms with Crippen molar-refractivity contribution in [2.24, 2.45) is 0 Å². The largest absolute Gasteiger partial charge is 0.334 e. The van der Waals surface area contributed by atoms with Crippen LogP contribution in [0.1, 0.15) is 5.56 Å². The molecule has 1 N–H and O–H groups in total. The Balaban J connectivity index is 2.45. The second-order valence-corrected chi connectivity index (χ2v) is 4.20. The van der Waals surface area contributed by atoms with Gasteiger partial charge in [-0.05, 0) is 5.56 Å². The van der Waals surface area contributed by atoms with Gasteiger partial charge < -0.3 is 4.52 Å². The minimum absolute atomic E-state index is 0.502. The fraction of sp³-hybridized carbons (Fsp3) is 0.143. The Morgan fingerprint density at radius 3 is 2.55 bits per heavy atom. The van der Waals surface area contributed by atoms with Crippen molar-refractivity contribution in [3.05, 3.63) is 35.9 Å². The monoisotopic (exact) mass is 187 g/mol. The Morgan fingerprint density at radius 2 is 2.00 bits per heavy atom. The summed E-state index contributed by atoms with van der Waals surface area (Å²) < 4.78 is 5.06. The lowest BCUT2D eigenvalue weighted by Crippen LogP contribution is -1.81. The molecule has 0 aliphatic carbocycles. The molecule has 0 amide bonds. The fourth-order valence-electron chi connectivity index (χ4n) is 0.726. The molecule has 1 atom stereocenters. The van der Waals surface area contributed by atoms with Crippen LogP contribution in [0.5, 0.6) is 0 Å². The summed E-state index contributed by atoms with van der Waals surface area (Å²) in [5, 5.41) is 7.07. The third kappa shape index (κ3) is 3.61. The van der Waals surface area contributed by atoms with Crippen molar-refractivity contribution in [2.75, 3.05) is 0 Å². The molecule has 0 spiro atoms. The van der Waals surface area contributed by atoms with E-state index in [-0.39, 0.29) is 0 Å². The predicted molar refractivity (Wildman–Crippen MR) is 51.3 cm³/mol. The molecule has 0 aliphatic heterocycles. The smallest absolute Gasteiger partial charge is 0.121 e. The molecule has 1 aromatic carbocycles. The molecule has 0 saturated heterocycles. The summed E-state index contributed by atoms with van der Waals surface area (Å²) in [5.74, 6) is 0. The number of benzene rings is 1. The molecule has 0 aromatic heterocycles. The van der Waals surface area contributed by atoms with E-state index >= 15 is 0 Å². The Hall–Kier alpha value is -0.240. The third-order valence-corrected chi connectivity index (χ3v) is 2.02. The average Bonchev–Trinajstić information content (AvgIpc) is 2.03. The lowest BCUT2D eigenvalue weighted by molar-refractivity contribution is 0.353. The summed E-state index contributed by atoms with van der Waals surface area (Å²) >= 11 is 3.87. The van der Waals surface area contributed by atoms with Crippen LogP contribution in [-0.2, 0) is 11.1 Å². The molecule has 0 saturated carbocycles. The summed E-state index contributed by atoms with van der Waals surface area (Å²) in [5.41, 5.74) is 1.09. The van der Waals surface area contributed by atoms with E-state index in [4.69, 9.17) is 9.69 Å². The lowest BCUT2D eigenvalue weighted by Gasteiger charge is -2.00. The molecule has 11 heavy (non-hydrogen) atoms. The van der Waals surface area contributed by atoms with Crippen molar-refractivity contribution in [3.63, 3.8) is 0 Å². The first kappa shape index (κ1) is 8.85. The normalized spacial score (nSPS) is 12.8. The first-order valence-corrected chi connectivity index (χ1v) is 5.93. The van der Waals surface area contributed by atoms with E-state index in [0.29, 0.717) is 6.61 Å². The van der Waals surface area contributed by atoms with Crippen LogP contribution in [0, 0.1) is 5.16 Å². The summed E-state index contributed by atoms with van der Waals surface area (Å²) in [6.07, 6.45) is 0. The maximum Gasteiger partial charge on any atom is 0.121 e. The zero-order valence-corrected chi connectivity index (χ0v) is 7.84. The molecular formula is C7H10NOPS. The molecule has 0 aliphatic rings. The molecule has 1 unspecified atom stereocenters. The van der Waals surface area contributed by atoms with Crippen molar-refractivity contribution in [3.8, 4) is 0 Å². The van der Waals surface area contributed by atoms with Crippen molar-refractivity contribution in [1.82, 2.24) is 0 Å². The SMILES string of the molecule is N=[PH](S)OCc1ccccc1. The van der Waals surface area contributed by atoms with Crippen molar-refractivity contribution in [2.45, 2.75) is 6.61 Å². The highest BCUT2D eigenvalue weighted by Gasteiger charge is 1.90. The lowest BCUT2D eigenvalue weighted by atomic mass is 10.2. The van der Waals surface area contributed by atoms with Crippen LogP contribution in [0.4, 0.5) is 0 Å². The second kappa shape index (κ2) is 4.60. The molecule has 0 bridgehead atoms. The third-order valence-electron chi connectivity index (χ3n) is 1.22. The second-order valence-electron chi connectivity index (χ2n) is 2.08. The minimum Gasteiger partial charge on any atom is -0.334 e. The van der Waals surface area contributed by atoms with Crippen LogP contribution in [0.25, 0.3) is 0 Å². The Bertz CT molecular complexity index is 239. The average molecular weight is 187 g/mol. The van der Waals surface area contributed by atoms with Gasteiger partial charge in [0.25, 0.3) is 0 Å². The standard InChI is InChI=1S/C7H10NOPS/c8-10(11)9-6-7-4-2-1-3-5-7/h1-5,10H,6H2,(H2,8,11). The predicted octanol–water partition coefficient (Wildman–Crippen LogP) is 2.94. The van der Waals surface area contributed by atoms with E-state index in [1.165, 1.54) is 0 Å². The van der Waals surface area contributed by atoms with Crippen molar-refractivity contribution < 1.29 is 4.52 Å². The molecule has 60 valence electrons. The maximum absolute atomic E-state index is 7.07. The van der Waals surface area contributed by atoms with Crippen molar-refractivity contribution >= 4 is 19.4 Å². The zero-order valence-electron chi connectivity index (χ0n) is 5.95. The van der Waals surface area contributed by atoms with Crippen LogP contribution in [0.15, 0.2) is 30.3 Å². The van der Waals surface area contributed by atoms with Crippen LogP contribution in [0.2, 0.25) is 0 Å². The van der Waals surface area contributed by atoms with Crippen LogP contribution in [-0.4, -0.2) is 0 Å². The van der Waals surface area contributed by atoms with Gasteiger partial charge in [0.2, 0.25) is 0 Å². The number of hydrogen-bond donors (Lipinski definition) is 2. The highest BCUT2D eigenvalue weighted by Crippen LogP contribution is 2.29. The first-order valence-electron chi connectivity index (χ1n) is 3.23. The van der Waals surface area contributed by atoms with E-state index in [1.54, 1.807) is 0 Å². The Labute approximate surface area is 72.1 Å². The fourth-order valence-corrected chi connectivity index (χ4v) is 1.22. The number of rotatable bonds is 3. The molecule has 0 fully saturated rings. The quantitative estimate of drug-likeness (QED) is 0.553. The van der Waals surface area contributed by atoms with E-state index in [9.17, 15) is 0 Å². The number of thiol groups is 1. The van der Waals surface area contributed by atoms with Gasteiger partial charge >= 0.3 is 0 Å². The van der Waals surface area contributed by atoms with E-state index < -0.39 is 7.14 Å². The van der Waals surface area contributed by atoms with Gasteiger partial charge in [-0.25, -0.2) is 0 Å². The molecule has 0 heterocycles. The molecule has 2 nitrogen and oxygen atoms in total. The maximum atomic E-state index is 7.07. The Kier molecular flexibility index (Phi) is 3.70. The van der Waals surface area contributed by atoms with Gasteiger partial charge in [0.1, 0.15) is 7.14 Å². The molecule has 1 aromatic rings. The van der Waals surface area contributed by atoms with Crippen molar-refractivity contribution in [1.29, 1.82) is 5.16 Å². The summed E-state index contributed by atoms with van der Waals surface area (Å²) in [6, 6.07) is 9.80. The topological polar surface area (TPSA) is 33.1 Å². The minimum atomic E-state index is -1.59. The van der Waals surface area contributed by atoms with E-state index in [2.05, 4.69) is 12.2 Å². The van der Waals surface area contributed by atoms with Gasteiger partial charge in [-0.2, -0.15) is 0 Å². The van der Waals surface area contributed by atoms with Gasteiger partial charge in [-0.15, -0.1) is 12.2 Å². The number of nitrogens with one attached hydrogen (secondary N) is 1. The first-order chi connectivity index (χ1) is 5.29. The van der Waals surface area contributed by atoms with Crippen LogP contribution < -0.4 is 0 Å². The van der Waals surface area contributed by atoms with Gasteiger partial charge in [0.15, 0.2) is 0 Å². The molecule has 1 rings (SSSR count). The van der Waals surface area contributed by atoms with E-state index in [0.717, 1.165) is 5.56 Å². The highest BCUT2D eigenvalue weighted by molar-refractivity contribution is 8.39. The zero-order chi connectivity index (χ0) is 8.10. The van der Waals surface area contributed by atoms with Crippen LogP contribution >= 0.6 is 19.4 Å². The van der Waals surface area contributed by atoms with Gasteiger partial charge in [0.05, 0.1) is 6.61 Å². The molecular weight excluding hydrogens is 177 g/mol. The van der Waals surface area contributed by atoms with Gasteiger partial charge in [-0.3, -0.25) is 5.16 Å². The Morgan fingerprint density at radius 1 is 1.36 bits per heavy atom. The summed E-state index contributed by atoms with van der Waals surface area (Å²) in [7, 11) is -1.59. The summed E-state index contributed by atoms with van der Waals surface area (Å²) in [6.45, 7) is 0.502. The van der Waals surface area contributed by atoms with Crippen LogP contribution in [0.3, 0.4) is 0 Å². The molecule has 4 heteroatoms. The van der Waals surface area contributed by atoms with Gasteiger partial charge in [-0.1, -0.05) is 30.3 Å².